The third-order valence-electron chi connectivity index (χ3n) is 3.44. The quantitative estimate of drug-likeness (QED) is 0.884. The third-order valence-corrected chi connectivity index (χ3v) is 3.74. The number of nitrogens with one attached hydrogen (secondary N) is 1. The van der Waals surface area contributed by atoms with Gasteiger partial charge in [-0.25, -0.2) is 0 Å². The maximum absolute atomic E-state index is 11.9. The van der Waals surface area contributed by atoms with Crippen LogP contribution in [0.2, 0.25) is 5.02 Å². The van der Waals surface area contributed by atoms with Crippen molar-refractivity contribution in [1.29, 1.82) is 0 Å². The van der Waals surface area contributed by atoms with E-state index in [-0.39, 0.29) is 11.9 Å². The first kappa shape index (κ1) is 15.1. The summed E-state index contributed by atoms with van der Waals surface area (Å²) in [5, 5.41) is 12.7. The molecule has 1 aromatic rings. The molecule has 2 unspecified atom stereocenters. The third kappa shape index (κ3) is 3.06. The van der Waals surface area contributed by atoms with Gasteiger partial charge in [0.05, 0.1) is 30.0 Å². The molecule has 0 radical (unpaired) electrons. The normalized spacial score (nSPS) is 20.6. The molecule has 1 heterocycles. The summed E-state index contributed by atoms with van der Waals surface area (Å²) in [6.45, 7) is 3.19. The first-order valence-corrected chi connectivity index (χ1v) is 6.96. The fraction of sp³-hybridized carbons (Fsp3) is 0.500. The number of rotatable bonds is 3. The molecule has 1 fully saturated rings. The molecule has 0 aliphatic carbocycles. The second-order valence-corrected chi connectivity index (χ2v) is 5.19. The van der Waals surface area contributed by atoms with Crippen LogP contribution in [0.15, 0.2) is 18.2 Å². The number of ether oxygens (including phenoxy) is 1. The van der Waals surface area contributed by atoms with Gasteiger partial charge in [-0.05, 0) is 24.6 Å². The van der Waals surface area contributed by atoms with Gasteiger partial charge in [0.15, 0.2) is 0 Å². The smallest absolute Gasteiger partial charge is 0.244 e. The van der Waals surface area contributed by atoms with E-state index >= 15 is 0 Å². The summed E-state index contributed by atoms with van der Waals surface area (Å²) >= 11 is 6.29. The summed E-state index contributed by atoms with van der Waals surface area (Å²) < 4.78 is 5.37. The van der Waals surface area contributed by atoms with Crippen LogP contribution < -0.4 is 10.2 Å². The number of amides is 1. The van der Waals surface area contributed by atoms with Gasteiger partial charge in [0.1, 0.15) is 6.04 Å². The zero-order chi connectivity index (χ0) is 14.7. The van der Waals surface area contributed by atoms with E-state index < -0.39 is 6.10 Å². The van der Waals surface area contributed by atoms with Gasteiger partial charge in [-0.1, -0.05) is 17.7 Å². The first-order valence-electron chi connectivity index (χ1n) is 6.58. The fourth-order valence-corrected chi connectivity index (χ4v) is 2.59. The SMILES string of the molecule is CNC(=O)C1COCCN1c1ccc(C(C)O)cc1Cl. The van der Waals surface area contributed by atoms with Gasteiger partial charge in [0, 0.05) is 13.6 Å². The van der Waals surface area contributed by atoms with Crippen LogP contribution in [0, 0.1) is 0 Å². The summed E-state index contributed by atoms with van der Waals surface area (Å²) in [7, 11) is 1.60. The summed E-state index contributed by atoms with van der Waals surface area (Å²) in [4.78, 5) is 13.9. The molecule has 1 aliphatic rings. The van der Waals surface area contributed by atoms with Crippen LogP contribution in [0.1, 0.15) is 18.6 Å². The lowest BCUT2D eigenvalue weighted by molar-refractivity contribution is -0.124. The number of likely N-dealkylation sites (N-methyl/N-ethyl adjacent to an activating group) is 1. The minimum Gasteiger partial charge on any atom is -0.389 e. The van der Waals surface area contributed by atoms with E-state index in [4.69, 9.17) is 16.3 Å². The highest BCUT2D eigenvalue weighted by atomic mass is 35.5. The van der Waals surface area contributed by atoms with Crippen LogP contribution in [-0.2, 0) is 9.53 Å². The van der Waals surface area contributed by atoms with Crippen LogP contribution in [0.25, 0.3) is 0 Å². The lowest BCUT2D eigenvalue weighted by atomic mass is 10.1. The van der Waals surface area contributed by atoms with E-state index in [1.807, 2.05) is 17.0 Å². The number of halogens is 1. The lowest BCUT2D eigenvalue weighted by Gasteiger charge is -2.36. The van der Waals surface area contributed by atoms with Gasteiger partial charge in [-0.2, -0.15) is 0 Å². The van der Waals surface area contributed by atoms with E-state index in [2.05, 4.69) is 5.32 Å². The molecule has 0 spiro atoms. The molecule has 110 valence electrons. The molecule has 1 aliphatic heterocycles. The number of carbonyl (C=O) groups excluding carboxylic acids is 1. The Labute approximate surface area is 123 Å². The number of morpholine rings is 1. The van der Waals surface area contributed by atoms with Gasteiger partial charge < -0.3 is 20.1 Å². The largest absolute Gasteiger partial charge is 0.389 e. The molecule has 1 saturated heterocycles. The molecule has 1 aromatic carbocycles. The zero-order valence-electron chi connectivity index (χ0n) is 11.6. The monoisotopic (exact) mass is 298 g/mol. The lowest BCUT2D eigenvalue weighted by Crippen LogP contribution is -2.53. The van der Waals surface area contributed by atoms with E-state index in [9.17, 15) is 9.90 Å². The van der Waals surface area contributed by atoms with Crippen molar-refractivity contribution in [2.45, 2.75) is 19.1 Å². The van der Waals surface area contributed by atoms with Gasteiger partial charge in [-0.15, -0.1) is 0 Å². The molecular formula is C14H19ClN2O3. The van der Waals surface area contributed by atoms with Crippen LogP contribution >= 0.6 is 11.6 Å². The Morgan fingerprint density at radius 2 is 2.35 bits per heavy atom. The van der Waals surface area contributed by atoms with Crippen molar-refractivity contribution in [3.05, 3.63) is 28.8 Å². The van der Waals surface area contributed by atoms with Crippen molar-refractivity contribution in [2.24, 2.45) is 0 Å². The number of carbonyl (C=O) groups is 1. The maximum Gasteiger partial charge on any atom is 0.244 e. The average molecular weight is 299 g/mol. The van der Waals surface area contributed by atoms with Crippen molar-refractivity contribution >= 4 is 23.2 Å². The van der Waals surface area contributed by atoms with Crippen molar-refractivity contribution in [3.8, 4) is 0 Å². The van der Waals surface area contributed by atoms with E-state index in [0.29, 0.717) is 24.8 Å². The van der Waals surface area contributed by atoms with Crippen molar-refractivity contribution in [2.75, 3.05) is 31.7 Å². The molecule has 2 rings (SSSR count). The Morgan fingerprint density at radius 3 is 2.95 bits per heavy atom. The van der Waals surface area contributed by atoms with Crippen molar-refractivity contribution < 1.29 is 14.6 Å². The Balaban J connectivity index is 2.30. The molecule has 0 bridgehead atoms. The number of nitrogens with zero attached hydrogens (tertiary/aromatic N) is 1. The number of benzene rings is 1. The molecular weight excluding hydrogens is 280 g/mol. The van der Waals surface area contributed by atoms with Gasteiger partial charge in [-0.3, -0.25) is 4.79 Å². The molecule has 0 saturated carbocycles. The molecule has 6 heteroatoms. The molecule has 2 N–H and O–H groups in total. The van der Waals surface area contributed by atoms with Crippen LogP contribution in [-0.4, -0.2) is 43.9 Å². The Kier molecular flexibility index (Phi) is 4.86. The molecule has 2 atom stereocenters. The Morgan fingerprint density at radius 1 is 1.60 bits per heavy atom. The second-order valence-electron chi connectivity index (χ2n) is 4.79. The molecule has 5 nitrogen and oxygen atoms in total. The topological polar surface area (TPSA) is 61.8 Å². The van der Waals surface area contributed by atoms with E-state index in [0.717, 1.165) is 11.3 Å². The molecule has 1 amide bonds. The number of anilines is 1. The molecule has 20 heavy (non-hydrogen) atoms. The summed E-state index contributed by atoms with van der Waals surface area (Å²) in [6, 6.07) is 5.01. The highest BCUT2D eigenvalue weighted by Crippen LogP contribution is 2.31. The fourth-order valence-electron chi connectivity index (χ4n) is 2.29. The summed E-state index contributed by atoms with van der Waals surface area (Å²) in [5.74, 6) is -0.0969. The highest BCUT2D eigenvalue weighted by molar-refractivity contribution is 6.33. The number of aliphatic hydroxyl groups is 1. The highest BCUT2D eigenvalue weighted by Gasteiger charge is 2.30. The van der Waals surface area contributed by atoms with Gasteiger partial charge in [0.25, 0.3) is 0 Å². The van der Waals surface area contributed by atoms with E-state index in [1.54, 1.807) is 20.0 Å². The Hall–Kier alpha value is -1.30. The van der Waals surface area contributed by atoms with Gasteiger partial charge in [0.2, 0.25) is 5.91 Å². The van der Waals surface area contributed by atoms with Crippen LogP contribution in [0.5, 0.6) is 0 Å². The number of hydrogen-bond donors (Lipinski definition) is 2. The predicted molar refractivity (Wildman–Crippen MR) is 78.1 cm³/mol. The first-order chi connectivity index (χ1) is 9.54. The number of hydrogen-bond acceptors (Lipinski definition) is 4. The minimum atomic E-state index is -0.569. The summed E-state index contributed by atoms with van der Waals surface area (Å²) in [6.07, 6.45) is -0.569. The zero-order valence-corrected chi connectivity index (χ0v) is 12.4. The van der Waals surface area contributed by atoms with Crippen LogP contribution in [0.3, 0.4) is 0 Å². The molecule has 0 aromatic heterocycles. The van der Waals surface area contributed by atoms with E-state index in [1.165, 1.54) is 0 Å². The second kappa shape index (κ2) is 6.43. The average Bonchev–Trinajstić information content (AvgIpc) is 2.46. The van der Waals surface area contributed by atoms with Crippen molar-refractivity contribution in [3.63, 3.8) is 0 Å². The standard InChI is InChI=1S/C14H19ClN2O3/c1-9(18)10-3-4-12(11(15)7-10)17-5-6-20-8-13(17)14(19)16-2/h3-4,7,9,13,18H,5-6,8H2,1-2H3,(H,16,19). The minimum absolute atomic E-state index is 0.0969. The van der Waals surface area contributed by atoms with Crippen molar-refractivity contribution in [1.82, 2.24) is 5.32 Å². The van der Waals surface area contributed by atoms with Crippen LogP contribution in [0.4, 0.5) is 5.69 Å². The Bertz CT molecular complexity index is 493. The summed E-state index contributed by atoms with van der Waals surface area (Å²) in [5.41, 5.74) is 1.54. The maximum atomic E-state index is 11.9. The predicted octanol–water partition coefficient (Wildman–Crippen LogP) is 1.34. The number of aliphatic hydroxyl groups excluding tert-OH is 1. The van der Waals surface area contributed by atoms with Gasteiger partial charge >= 0.3 is 0 Å².